The number of rotatable bonds is 8. The molecule has 0 aliphatic heterocycles. The average Bonchev–Trinajstić information content (AvgIpc) is 3.17. The van der Waals surface area contributed by atoms with Crippen molar-refractivity contribution in [1.82, 2.24) is 20.0 Å². The summed E-state index contributed by atoms with van der Waals surface area (Å²) in [6.07, 6.45) is 0. The van der Waals surface area contributed by atoms with Gasteiger partial charge in [-0.05, 0) is 35.4 Å². The van der Waals surface area contributed by atoms with Gasteiger partial charge in [-0.15, -0.1) is 0 Å². The molecule has 0 spiro atoms. The number of benzene rings is 3. The third kappa shape index (κ3) is 4.89. The first-order valence-corrected chi connectivity index (χ1v) is 10.9. The van der Waals surface area contributed by atoms with Gasteiger partial charge in [0.2, 0.25) is 10.0 Å². The van der Waals surface area contributed by atoms with Gasteiger partial charge in [-0.2, -0.15) is 0 Å². The van der Waals surface area contributed by atoms with Crippen molar-refractivity contribution in [3.05, 3.63) is 95.8 Å². The van der Waals surface area contributed by atoms with Crippen LogP contribution in [-0.2, 0) is 29.7 Å². The van der Waals surface area contributed by atoms with Gasteiger partial charge in [-0.3, -0.25) is 0 Å². The fourth-order valence-corrected chi connectivity index (χ4v) is 4.06. The van der Waals surface area contributed by atoms with Gasteiger partial charge in [-0.1, -0.05) is 54.6 Å². The lowest BCUT2D eigenvalue weighted by Crippen LogP contribution is -2.23. The van der Waals surface area contributed by atoms with Gasteiger partial charge in [0, 0.05) is 13.1 Å². The van der Waals surface area contributed by atoms with Crippen molar-refractivity contribution in [3.8, 4) is 0 Å². The molecule has 7 heteroatoms. The smallest absolute Gasteiger partial charge is 0.240 e. The monoisotopic (exact) mass is 406 g/mol. The maximum atomic E-state index is 12.6. The molecule has 29 heavy (non-hydrogen) atoms. The summed E-state index contributed by atoms with van der Waals surface area (Å²) in [6, 6.07) is 24.6. The Bertz CT molecular complexity index is 1150. The van der Waals surface area contributed by atoms with E-state index in [0.717, 1.165) is 23.1 Å². The second-order valence-electron chi connectivity index (χ2n) is 6.76. The van der Waals surface area contributed by atoms with Gasteiger partial charge in [0.25, 0.3) is 0 Å². The standard InChI is InChI=1S/C22H22N4O2S/c27-29(28,24-16-22-25-20-8-4-5-9-21(20)26-22)19-12-10-18(11-13-19)15-23-14-17-6-2-1-3-7-17/h1-13,23-24H,14-16H2,(H,25,26). The molecule has 0 aliphatic carbocycles. The first-order chi connectivity index (χ1) is 14.1. The quantitative estimate of drug-likeness (QED) is 0.419. The van der Waals surface area contributed by atoms with E-state index in [1.165, 1.54) is 5.56 Å². The van der Waals surface area contributed by atoms with Crippen LogP contribution in [0.25, 0.3) is 11.0 Å². The molecule has 0 saturated carbocycles. The number of fused-ring (bicyclic) bond motifs is 1. The van der Waals surface area contributed by atoms with E-state index in [0.29, 0.717) is 12.4 Å². The Kier molecular flexibility index (Phi) is 5.71. The molecule has 0 bridgehead atoms. The summed E-state index contributed by atoms with van der Waals surface area (Å²) in [5.41, 5.74) is 3.93. The summed E-state index contributed by atoms with van der Waals surface area (Å²) in [5.74, 6) is 0.580. The van der Waals surface area contributed by atoms with Gasteiger partial charge in [0.05, 0.1) is 22.5 Å². The number of aromatic nitrogens is 2. The number of H-pyrrole nitrogens is 1. The lowest BCUT2D eigenvalue weighted by molar-refractivity contribution is 0.579. The van der Waals surface area contributed by atoms with Crippen LogP contribution in [0.15, 0.2) is 83.8 Å². The summed E-state index contributed by atoms with van der Waals surface area (Å²) in [7, 11) is -3.61. The number of sulfonamides is 1. The minimum atomic E-state index is -3.61. The Labute approximate surface area is 170 Å². The van der Waals surface area contributed by atoms with Crippen LogP contribution in [0.5, 0.6) is 0 Å². The SMILES string of the molecule is O=S(=O)(NCc1nc2ccccc2[nH]1)c1ccc(CNCc2ccccc2)cc1. The van der Waals surface area contributed by atoms with E-state index < -0.39 is 10.0 Å². The van der Waals surface area contributed by atoms with Crippen LogP contribution in [0.4, 0.5) is 0 Å². The third-order valence-corrected chi connectivity index (χ3v) is 6.02. The molecule has 4 rings (SSSR count). The molecule has 1 aromatic heterocycles. The molecule has 6 nitrogen and oxygen atoms in total. The van der Waals surface area contributed by atoms with Gasteiger partial charge in [-0.25, -0.2) is 18.1 Å². The highest BCUT2D eigenvalue weighted by Crippen LogP contribution is 2.13. The number of para-hydroxylation sites is 2. The fourth-order valence-electron chi connectivity index (χ4n) is 3.07. The first kappa shape index (κ1) is 19.3. The van der Waals surface area contributed by atoms with Crippen molar-refractivity contribution in [1.29, 1.82) is 0 Å². The second-order valence-corrected chi connectivity index (χ2v) is 8.53. The van der Waals surface area contributed by atoms with Crippen molar-refractivity contribution in [2.24, 2.45) is 0 Å². The summed E-state index contributed by atoms with van der Waals surface area (Å²) >= 11 is 0. The normalized spacial score (nSPS) is 11.7. The Morgan fingerprint density at radius 2 is 1.41 bits per heavy atom. The van der Waals surface area contributed by atoms with E-state index in [1.54, 1.807) is 12.1 Å². The highest BCUT2D eigenvalue weighted by molar-refractivity contribution is 7.89. The van der Waals surface area contributed by atoms with E-state index in [2.05, 4.69) is 32.1 Å². The molecule has 1 heterocycles. The Morgan fingerprint density at radius 1 is 0.759 bits per heavy atom. The van der Waals surface area contributed by atoms with E-state index >= 15 is 0 Å². The van der Waals surface area contributed by atoms with Gasteiger partial charge in [0.15, 0.2) is 0 Å². The maximum absolute atomic E-state index is 12.6. The third-order valence-electron chi connectivity index (χ3n) is 4.60. The minimum absolute atomic E-state index is 0.109. The first-order valence-electron chi connectivity index (χ1n) is 9.37. The molecule has 0 atom stereocenters. The van der Waals surface area contributed by atoms with E-state index in [9.17, 15) is 8.42 Å². The average molecular weight is 407 g/mol. The summed E-state index contributed by atoms with van der Waals surface area (Å²) < 4.78 is 27.7. The van der Waals surface area contributed by atoms with Gasteiger partial charge < -0.3 is 10.3 Å². The van der Waals surface area contributed by atoms with E-state index in [1.807, 2.05) is 54.6 Å². The van der Waals surface area contributed by atoms with Crippen molar-refractivity contribution >= 4 is 21.1 Å². The van der Waals surface area contributed by atoms with Crippen molar-refractivity contribution in [2.45, 2.75) is 24.5 Å². The van der Waals surface area contributed by atoms with Crippen LogP contribution in [0, 0.1) is 0 Å². The minimum Gasteiger partial charge on any atom is -0.341 e. The Balaban J connectivity index is 1.34. The highest BCUT2D eigenvalue weighted by Gasteiger charge is 2.14. The molecule has 3 N–H and O–H groups in total. The molecular weight excluding hydrogens is 384 g/mol. The zero-order chi connectivity index (χ0) is 20.1. The van der Waals surface area contributed by atoms with Crippen LogP contribution in [0.1, 0.15) is 17.0 Å². The number of hydrogen-bond acceptors (Lipinski definition) is 4. The molecule has 0 unspecified atom stereocenters. The van der Waals surface area contributed by atoms with E-state index in [-0.39, 0.29) is 11.4 Å². The Hall–Kier alpha value is -3.00. The zero-order valence-corrected chi connectivity index (χ0v) is 16.6. The summed E-state index contributed by atoms with van der Waals surface area (Å²) in [4.78, 5) is 7.75. The van der Waals surface area contributed by atoms with Crippen LogP contribution in [-0.4, -0.2) is 18.4 Å². The highest BCUT2D eigenvalue weighted by atomic mass is 32.2. The molecule has 0 saturated heterocycles. The van der Waals surface area contributed by atoms with Crippen molar-refractivity contribution in [2.75, 3.05) is 0 Å². The van der Waals surface area contributed by atoms with Crippen molar-refractivity contribution in [3.63, 3.8) is 0 Å². The summed E-state index contributed by atoms with van der Waals surface area (Å²) in [5, 5.41) is 3.36. The molecular formula is C22H22N4O2S. The Morgan fingerprint density at radius 3 is 2.14 bits per heavy atom. The van der Waals surface area contributed by atoms with Crippen LogP contribution in [0.3, 0.4) is 0 Å². The van der Waals surface area contributed by atoms with Crippen LogP contribution < -0.4 is 10.0 Å². The molecule has 4 aromatic rings. The predicted octanol–water partition coefficient (Wildman–Crippen LogP) is 3.33. The molecule has 0 radical (unpaired) electrons. The van der Waals surface area contributed by atoms with Crippen LogP contribution >= 0.6 is 0 Å². The van der Waals surface area contributed by atoms with Gasteiger partial charge >= 0.3 is 0 Å². The zero-order valence-electron chi connectivity index (χ0n) is 15.8. The topological polar surface area (TPSA) is 86.9 Å². The van der Waals surface area contributed by atoms with Gasteiger partial charge in [0.1, 0.15) is 5.82 Å². The number of hydrogen-bond donors (Lipinski definition) is 3. The number of aromatic amines is 1. The number of nitrogens with one attached hydrogen (secondary N) is 3. The summed E-state index contributed by atoms with van der Waals surface area (Å²) in [6.45, 7) is 1.54. The lowest BCUT2D eigenvalue weighted by Gasteiger charge is -2.08. The largest absolute Gasteiger partial charge is 0.341 e. The molecule has 0 fully saturated rings. The lowest BCUT2D eigenvalue weighted by atomic mass is 10.2. The molecule has 3 aromatic carbocycles. The molecule has 148 valence electrons. The van der Waals surface area contributed by atoms with Crippen LogP contribution in [0.2, 0.25) is 0 Å². The molecule has 0 amide bonds. The molecule has 0 aliphatic rings. The maximum Gasteiger partial charge on any atom is 0.240 e. The number of nitrogens with zero attached hydrogens (tertiary/aromatic N) is 1. The van der Waals surface area contributed by atoms with E-state index in [4.69, 9.17) is 0 Å². The predicted molar refractivity (Wildman–Crippen MR) is 114 cm³/mol. The fraction of sp³-hybridized carbons (Fsp3) is 0.136. The second kappa shape index (κ2) is 8.57. The van der Waals surface area contributed by atoms with Crippen molar-refractivity contribution < 1.29 is 8.42 Å². The number of imidazole rings is 1.